The van der Waals surface area contributed by atoms with Gasteiger partial charge in [-0.1, -0.05) is 32.4 Å². The van der Waals surface area contributed by atoms with E-state index >= 15 is 0 Å². The van der Waals surface area contributed by atoms with Gasteiger partial charge in [0.15, 0.2) is 6.29 Å². The summed E-state index contributed by atoms with van der Waals surface area (Å²) in [5, 5.41) is 0. The second kappa shape index (κ2) is 7.45. The van der Waals surface area contributed by atoms with Gasteiger partial charge in [0.1, 0.15) is 6.79 Å². The van der Waals surface area contributed by atoms with E-state index in [4.69, 9.17) is 18.9 Å². The van der Waals surface area contributed by atoms with Crippen LogP contribution in [0.25, 0.3) is 0 Å². The molecule has 0 N–H and O–H groups in total. The van der Waals surface area contributed by atoms with Crippen molar-refractivity contribution in [2.45, 2.75) is 71.7 Å². The SMILES string of the molecule is COCOCCCC1=C[C@@]2(C)[C@@H](O[C@@H]3CCCCO3)C[C@H]1C2(C)C. The maximum Gasteiger partial charge on any atom is 0.157 e. The first-order valence-electron chi connectivity index (χ1n) is 9.54. The number of methoxy groups -OCH3 is 1. The molecule has 1 aliphatic heterocycles. The molecule has 4 nitrogen and oxygen atoms in total. The fourth-order valence-electron chi connectivity index (χ4n) is 4.89. The van der Waals surface area contributed by atoms with Crippen LogP contribution in [-0.2, 0) is 18.9 Å². The van der Waals surface area contributed by atoms with Crippen LogP contribution in [0.15, 0.2) is 11.6 Å². The summed E-state index contributed by atoms with van der Waals surface area (Å²) in [4.78, 5) is 0. The molecule has 3 rings (SSSR count). The maximum atomic E-state index is 6.42. The first kappa shape index (κ1) is 18.4. The Bertz CT molecular complexity index is 453. The number of hydrogen-bond donors (Lipinski definition) is 0. The molecular formula is C20H34O4. The Morgan fingerprint density at radius 3 is 2.71 bits per heavy atom. The van der Waals surface area contributed by atoms with E-state index in [9.17, 15) is 0 Å². The van der Waals surface area contributed by atoms with Gasteiger partial charge in [0.05, 0.1) is 6.10 Å². The maximum absolute atomic E-state index is 6.42. The van der Waals surface area contributed by atoms with E-state index in [2.05, 4.69) is 26.8 Å². The van der Waals surface area contributed by atoms with Crippen LogP contribution in [-0.4, -0.2) is 39.5 Å². The third-order valence-electron chi connectivity index (χ3n) is 6.72. The van der Waals surface area contributed by atoms with E-state index in [0.717, 1.165) is 38.9 Å². The molecular weight excluding hydrogens is 304 g/mol. The minimum absolute atomic E-state index is 0.00928. The van der Waals surface area contributed by atoms with Crippen molar-refractivity contribution in [1.82, 2.24) is 0 Å². The molecule has 0 amide bonds. The van der Waals surface area contributed by atoms with Crippen LogP contribution >= 0.6 is 0 Å². The van der Waals surface area contributed by atoms with E-state index in [1.165, 1.54) is 12.8 Å². The first-order valence-corrected chi connectivity index (χ1v) is 9.54. The van der Waals surface area contributed by atoms with Crippen LogP contribution in [0.4, 0.5) is 0 Å². The monoisotopic (exact) mass is 338 g/mol. The lowest BCUT2D eigenvalue weighted by atomic mass is 9.69. The molecule has 1 saturated heterocycles. The Morgan fingerprint density at radius 1 is 1.25 bits per heavy atom. The lowest BCUT2D eigenvalue weighted by molar-refractivity contribution is -0.205. The highest BCUT2D eigenvalue weighted by molar-refractivity contribution is 5.33. The summed E-state index contributed by atoms with van der Waals surface area (Å²) < 4.78 is 22.6. The molecule has 0 aromatic carbocycles. The van der Waals surface area contributed by atoms with E-state index in [1.807, 2.05) is 0 Å². The number of hydrogen-bond acceptors (Lipinski definition) is 4. The highest BCUT2D eigenvalue weighted by atomic mass is 16.7. The van der Waals surface area contributed by atoms with Crippen molar-refractivity contribution < 1.29 is 18.9 Å². The highest BCUT2D eigenvalue weighted by Crippen LogP contribution is 2.66. The van der Waals surface area contributed by atoms with Gasteiger partial charge < -0.3 is 18.9 Å². The minimum atomic E-state index is 0.00928. The molecule has 2 fully saturated rings. The Hall–Kier alpha value is -0.420. The van der Waals surface area contributed by atoms with Crippen LogP contribution in [0.1, 0.15) is 59.3 Å². The van der Waals surface area contributed by atoms with Gasteiger partial charge in [-0.3, -0.25) is 0 Å². The van der Waals surface area contributed by atoms with Crippen molar-refractivity contribution in [3.63, 3.8) is 0 Å². The van der Waals surface area contributed by atoms with Crippen molar-refractivity contribution in [3.8, 4) is 0 Å². The first-order chi connectivity index (χ1) is 11.5. The van der Waals surface area contributed by atoms with Crippen molar-refractivity contribution in [3.05, 3.63) is 11.6 Å². The zero-order valence-corrected chi connectivity index (χ0v) is 15.8. The van der Waals surface area contributed by atoms with Gasteiger partial charge in [0.25, 0.3) is 0 Å². The van der Waals surface area contributed by atoms with Gasteiger partial charge in [-0.15, -0.1) is 0 Å². The van der Waals surface area contributed by atoms with Crippen LogP contribution in [0.5, 0.6) is 0 Å². The summed E-state index contributed by atoms with van der Waals surface area (Å²) in [6, 6.07) is 0. The largest absolute Gasteiger partial charge is 0.359 e. The molecule has 4 heteroatoms. The van der Waals surface area contributed by atoms with Gasteiger partial charge in [-0.2, -0.15) is 0 Å². The predicted molar refractivity (Wildman–Crippen MR) is 93.6 cm³/mol. The van der Waals surface area contributed by atoms with Crippen LogP contribution in [0.3, 0.4) is 0 Å². The average Bonchev–Trinajstić information content (AvgIpc) is 2.87. The average molecular weight is 338 g/mol. The van der Waals surface area contributed by atoms with Crippen LogP contribution in [0.2, 0.25) is 0 Å². The number of fused-ring (bicyclic) bond motifs is 2. The van der Waals surface area contributed by atoms with E-state index < -0.39 is 0 Å². The third-order valence-corrected chi connectivity index (χ3v) is 6.72. The van der Waals surface area contributed by atoms with E-state index in [0.29, 0.717) is 12.7 Å². The summed E-state index contributed by atoms with van der Waals surface area (Å²) in [6.07, 6.45) is 9.58. The van der Waals surface area contributed by atoms with Gasteiger partial charge in [-0.25, -0.2) is 0 Å². The molecule has 24 heavy (non-hydrogen) atoms. The summed E-state index contributed by atoms with van der Waals surface area (Å²) in [6.45, 7) is 9.22. The van der Waals surface area contributed by atoms with Crippen molar-refractivity contribution in [1.29, 1.82) is 0 Å². The lowest BCUT2D eigenvalue weighted by Gasteiger charge is -2.39. The van der Waals surface area contributed by atoms with Gasteiger partial charge in [0, 0.05) is 25.7 Å². The molecule has 4 atom stereocenters. The fourth-order valence-corrected chi connectivity index (χ4v) is 4.89. The van der Waals surface area contributed by atoms with Crippen molar-refractivity contribution in [2.75, 3.05) is 27.1 Å². The Morgan fingerprint density at radius 2 is 2.08 bits per heavy atom. The third kappa shape index (κ3) is 3.31. The molecule has 0 aromatic heterocycles. The fraction of sp³-hybridized carbons (Fsp3) is 0.900. The number of rotatable bonds is 8. The van der Waals surface area contributed by atoms with Crippen molar-refractivity contribution in [2.24, 2.45) is 16.7 Å². The van der Waals surface area contributed by atoms with Gasteiger partial charge in [-0.05, 0) is 49.9 Å². The molecule has 138 valence electrons. The molecule has 3 aliphatic rings. The summed E-state index contributed by atoms with van der Waals surface area (Å²) >= 11 is 0. The second-order valence-corrected chi connectivity index (χ2v) is 8.35. The quantitative estimate of drug-likeness (QED) is 0.376. The lowest BCUT2D eigenvalue weighted by Crippen LogP contribution is -2.39. The molecule has 1 heterocycles. The van der Waals surface area contributed by atoms with Gasteiger partial charge >= 0.3 is 0 Å². The zero-order valence-electron chi connectivity index (χ0n) is 15.8. The molecule has 2 aliphatic carbocycles. The summed E-state index contributed by atoms with van der Waals surface area (Å²) in [5.41, 5.74) is 1.98. The topological polar surface area (TPSA) is 36.9 Å². The Balaban J connectivity index is 1.59. The van der Waals surface area contributed by atoms with Crippen LogP contribution in [0, 0.1) is 16.7 Å². The Labute approximate surface area is 146 Å². The normalized spacial score (nSPS) is 37.7. The standard InChI is InChI=1S/C20H34O4/c1-19(2)16-12-17(24-18-9-5-6-11-23-18)20(19,3)13-15(16)8-7-10-22-14-21-4/h13,16-18H,5-12,14H2,1-4H3/t16-,17+,18-,20+/m1/s1. The summed E-state index contributed by atoms with van der Waals surface area (Å²) in [7, 11) is 1.66. The predicted octanol–water partition coefficient (Wildman–Crippen LogP) is 4.29. The molecule has 2 bridgehead atoms. The highest BCUT2D eigenvalue weighted by Gasteiger charge is 2.62. The summed E-state index contributed by atoms with van der Waals surface area (Å²) in [5.74, 6) is 0.624. The molecule has 0 spiro atoms. The van der Waals surface area contributed by atoms with Crippen LogP contribution < -0.4 is 0 Å². The van der Waals surface area contributed by atoms with E-state index in [1.54, 1.807) is 12.7 Å². The van der Waals surface area contributed by atoms with Crippen molar-refractivity contribution >= 4 is 0 Å². The molecule has 0 aromatic rings. The smallest absolute Gasteiger partial charge is 0.157 e. The molecule has 0 radical (unpaired) electrons. The zero-order chi connectivity index (χ0) is 17.2. The number of ether oxygens (including phenoxy) is 4. The number of allylic oxidation sites excluding steroid dienone is 1. The molecule has 1 saturated carbocycles. The minimum Gasteiger partial charge on any atom is -0.359 e. The second-order valence-electron chi connectivity index (χ2n) is 8.35. The van der Waals surface area contributed by atoms with Gasteiger partial charge in [0.2, 0.25) is 0 Å². The Kier molecular flexibility index (Phi) is 5.70. The van der Waals surface area contributed by atoms with E-state index in [-0.39, 0.29) is 23.2 Å². The molecule has 0 unspecified atom stereocenters.